The number of nitrogen functional groups attached to an aromatic ring is 1. The summed E-state index contributed by atoms with van der Waals surface area (Å²) in [5.41, 5.74) is 4.51. The van der Waals surface area contributed by atoms with E-state index >= 15 is 0 Å². The van der Waals surface area contributed by atoms with E-state index in [0.29, 0.717) is 0 Å². The van der Waals surface area contributed by atoms with E-state index in [-0.39, 0.29) is 24.5 Å². The van der Waals surface area contributed by atoms with Crippen molar-refractivity contribution in [2.24, 2.45) is 5.41 Å². The summed E-state index contributed by atoms with van der Waals surface area (Å²) in [6, 6.07) is 2.74. The summed E-state index contributed by atoms with van der Waals surface area (Å²) in [5, 5.41) is 11.8. The first-order chi connectivity index (χ1) is 9.34. The Balaban J connectivity index is 2.19. The largest absolute Gasteiger partial charge is 0.481 e. The van der Waals surface area contributed by atoms with Gasteiger partial charge in [-0.2, -0.15) is 0 Å². The zero-order valence-electron chi connectivity index (χ0n) is 10.9. The Morgan fingerprint density at radius 2 is 2.25 bits per heavy atom. The lowest BCUT2D eigenvalue weighted by Gasteiger charge is -2.25. The van der Waals surface area contributed by atoms with Crippen molar-refractivity contribution in [3.8, 4) is 0 Å². The number of benzene rings is 1. The average molecular weight is 282 g/mol. The monoisotopic (exact) mass is 282 g/mol. The molecule has 2 rings (SSSR count). The van der Waals surface area contributed by atoms with E-state index in [2.05, 4.69) is 5.32 Å². The molecule has 0 saturated carbocycles. The standard InChI is InChI=1S/C13H15FN2O4/c1-13(12(18)19)6-20-5-10(13)16-11(17)8-4-7(14)2-3-9(8)15/h2-4,10H,5-6,15H2,1H3,(H,16,17)(H,18,19). The summed E-state index contributed by atoms with van der Waals surface area (Å²) in [4.78, 5) is 23.3. The number of hydrogen-bond donors (Lipinski definition) is 3. The van der Waals surface area contributed by atoms with Crippen LogP contribution in [-0.2, 0) is 9.53 Å². The van der Waals surface area contributed by atoms with Crippen molar-refractivity contribution < 1.29 is 23.8 Å². The molecule has 2 atom stereocenters. The minimum atomic E-state index is -1.21. The third-order valence-corrected chi connectivity index (χ3v) is 3.51. The first-order valence-electron chi connectivity index (χ1n) is 6.01. The summed E-state index contributed by atoms with van der Waals surface area (Å²) in [5.74, 6) is -2.27. The highest BCUT2D eigenvalue weighted by Gasteiger charge is 2.47. The first-order valence-corrected chi connectivity index (χ1v) is 6.01. The average Bonchev–Trinajstić information content (AvgIpc) is 2.75. The molecule has 1 amide bonds. The van der Waals surface area contributed by atoms with Gasteiger partial charge in [0.15, 0.2) is 0 Å². The van der Waals surface area contributed by atoms with Gasteiger partial charge in [0.2, 0.25) is 0 Å². The maximum absolute atomic E-state index is 13.1. The van der Waals surface area contributed by atoms with Gasteiger partial charge in [0, 0.05) is 5.69 Å². The van der Waals surface area contributed by atoms with Crippen LogP contribution in [0.3, 0.4) is 0 Å². The number of halogens is 1. The number of carboxylic acids is 1. The number of rotatable bonds is 3. The van der Waals surface area contributed by atoms with Crippen LogP contribution in [0.25, 0.3) is 0 Å². The molecule has 6 nitrogen and oxygen atoms in total. The van der Waals surface area contributed by atoms with Crippen molar-refractivity contribution in [1.82, 2.24) is 5.32 Å². The number of anilines is 1. The molecule has 1 fully saturated rings. The van der Waals surface area contributed by atoms with Gasteiger partial charge in [0.05, 0.1) is 24.8 Å². The van der Waals surface area contributed by atoms with Crippen LogP contribution in [0.5, 0.6) is 0 Å². The lowest BCUT2D eigenvalue weighted by molar-refractivity contribution is -0.148. The number of ether oxygens (including phenoxy) is 1. The van der Waals surface area contributed by atoms with Gasteiger partial charge in [-0.1, -0.05) is 0 Å². The molecule has 7 heteroatoms. The van der Waals surface area contributed by atoms with Gasteiger partial charge in [0.25, 0.3) is 5.91 Å². The molecule has 0 bridgehead atoms. The fraction of sp³-hybridized carbons (Fsp3) is 0.385. The summed E-state index contributed by atoms with van der Waals surface area (Å²) >= 11 is 0. The van der Waals surface area contributed by atoms with Crippen LogP contribution >= 0.6 is 0 Å². The van der Waals surface area contributed by atoms with E-state index < -0.39 is 29.2 Å². The molecule has 0 spiro atoms. The van der Waals surface area contributed by atoms with E-state index in [0.717, 1.165) is 12.1 Å². The van der Waals surface area contributed by atoms with E-state index in [9.17, 15) is 19.1 Å². The molecule has 108 valence electrons. The molecule has 1 saturated heterocycles. The predicted molar refractivity (Wildman–Crippen MR) is 68.6 cm³/mol. The zero-order valence-corrected chi connectivity index (χ0v) is 10.9. The molecule has 20 heavy (non-hydrogen) atoms. The van der Waals surface area contributed by atoms with Crippen LogP contribution in [0.15, 0.2) is 18.2 Å². The van der Waals surface area contributed by atoms with Crippen molar-refractivity contribution in [3.63, 3.8) is 0 Å². The minimum absolute atomic E-state index is 0.00587. The highest BCUT2D eigenvalue weighted by molar-refractivity contribution is 5.99. The number of carbonyl (C=O) groups excluding carboxylic acids is 1. The van der Waals surface area contributed by atoms with Gasteiger partial charge < -0.3 is 20.9 Å². The smallest absolute Gasteiger partial charge is 0.313 e. The van der Waals surface area contributed by atoms with Crippen molar-refractivity contribution in [2.45, 2.75) is 13.0 Å². The molecular weight excluding hydrogens is 267 g/mol. The maximum Gasteiger partial charge on any atom is 0.313 e. The molecule has 1 heterocycles. The van der Waals surface area contributed by atoms with Crippen LogP contribution in [-0.4, -0.2) is 36.2 Å². The van der Waals surface area contributed by atoms with Gasteiger partial charge in [-0.25, -0.2) is 4.39 Å². The summed E-state index contributed by atoms with van der Waals surface area (Å²) in [6.07, 6.45) is 0. The van der Waals surface area contributed by atoms with Crippen molar-refractivity contribution in [1.29, 1.82) is 0 Å². The molecule has 1 aromatic carbocycles. The molecule has 1 aliphatic rings. The minimum Gasteiger partial charge on any atom is -0.481 e. The molecule has 0 aromatic heterocycles. The van der Waals surface area contributed by atoms with E-state index in [1.54, 1.807) is 0 Å². The Morgan fingerprint density at radius 1 is 1.55 bits per heavy atom. The van der Waals surface area contributed by atoms with E-state index in [4.69, 9.17) is 10.5 Å². The molecule has 0 aliphatic carbocycles. The number of hydrogen-bond acceptors (Lipinski definition) is 4. The Morgan fingerprint density at radius 3 is 2.90 bits per heavy atom. The highest BCUT2D eigenvalue weighted by atomic mass is 19.1. The lowest BCUT2D eigenvalue weighted by Crippen LogP contribution is -2.49. The predicted octanol–water partition coefficient (Wildman–Crippen LogP) is 0.627. The lowest BCUT2D eigenvalue weighted by atomic mass is 9.85. The van der Waals surface area contributed by atoms with Gasteiger partial charge in [-0.3, -0.25) is 9.59 Å². The van der Waals surface area contributed by atoms with Crippen LogP contribution in [0.1, 0.15) is 17.3 Å². The van der Waals surface area contributed by atoms with E-state index in [1.807, 2.05) is 0 Å². The van der Waals surface area contributed by atoms with Crippen LogP contribution in [0, 0.1) is 11.2 Å². The van der Waals surface area contributed by atoms with Crippen LogP contribution in [0.4, 0.5) is 10.1 Å². The summed E-state index contributed by atoms with van der Waals surface area (Å²) < 4.78 is 18.3. The Bertz CT molecular complexity index is 563. The van der Waals surface area contributed by atoms with Gasteiger partial charge in [-0.05, 0) is 25.1 Å². The molecule has 1 aromatic rings. The third-order valence-electron chi connectivity index (χ3n) is 3.51. The third kappa shape index (κ3) is 2.44. The Kier molecular flexibility index (Phi) is 3.63. The second-order valence-electron chi connectivity index (χ2n) is 5.00. The normalized spacial score (nSPS) is 25.4. The number of nitrogens with one attached hydrogen (secondary N) is 1. The molecule has 0 radical (unpaired) electrons. The Labute approximate surface area is 114 Å². The SMILES string of the molecule is CC1(C(=O)O)COCC1NC(=O)c1cc(F)ccc1N. The molecule has 1 aliphatic heterocycles. The summed E-state index contributed by atoms with van der Waals surface area (Å²) in [6.45, 7) is 1.58. The van der Waals surface area contributed by atoms with Crippen molar-refractivity contribution >= 4 is 17.6 Å². The molecule has 2 unspecified atom stereocenters. The highest BCUT2D eigenvalue weighted by Crippen LogP contribution is 2.29. The van der Waals surface area contributed by atoms with Crippen molar-refractivity contribution in [2.75, 3.05) is 18.9 Å². The van der Waals surface area contributed by atoms with Crippen molar-refractivity contribution in [3.05, 3.63) is 29.6 Å². The van der Waals surface area contributed by atoms with Crippen LogP contribution < -0.4 is 11.1 Å². The number of amides is 1. The topological polar surface area (TPSA) is 102 Å². The molecule has 4 N–H and O–H groups in total. The second-order valence-corrected chi connectivity index (χ2v) is 5.00. The number of carboxylic acid groups (broad SMARTS) is 1. The molecular formula is C13H15FN2O4. The fourth-order valence-corrected chi connectivity index (χ4v) is 2.05. The van der Waals surface area contributed by atoms with Gasteiger partial charge in [-0.15, -0.1) is 0 Å². The van der Waals surface area contributed by atoms with Gasteiger partial charge in [0.1, 0.15) is 11.2 Å². The first kappa shape index (κ1) is 14.3. The quantitative estimate of drug-likeness (QED) is 0.706. The number of aliphatic carboxylic acids is 1. The number of nitrogens with two attached hydrogens (primary N) is 1. The number of carbonyl (C=O) groups is 2. The summed E-state index contributed by atoms with van der Waals surface area (Å²) in [7, 11) is 0. The maximum atomic E-state index is 13.1. The van der Waals surface area contributed by atoms with E-state index in [1.165, 1.54) is 13.0 Å². The fourth-order valence-electron chi connectivity index (χ4n) is 2.05. The second kappa shape index (κ2) is 5.09. The van der Waals surface area contributed by atoms with Crippen LogP contribution in [0.2, 0.25) is 0 Å². The Hall–Kier alpha value is -2.15. The van der Waals surface area contributed by atoms with Gasteiger partial charge >= 0.3 is 5.97 Å². The zero-order chi connectivity index (χ0) is 14.9.